The van der Waals surface area contributed by atoms with Crippen LogP contribution in [0.3, 0.4) is 0 Å². The van der Waals surface area contributed by atoms with E-state index >= 15 is 0 Å². The van der Waals surface area contributed by atoms with Crippen LogP contribution in [0, 0.1) is 12.1 Å². The first-order chi connectivity index (χ1) is 1.73. The van der Waals surface area contributed by atoms with E-state index < -0.39 is 0 Å². The van der Waals surface area contributed by atoms with E-state index in [-0.39, 0.29) is 6.15 Å². The van der Waals surface area contributed by atoms with Gasteiger partial charge in [-0.1, -0.05) is 20.8 Å². The maximum absolute atomic E-state index is 2.17. The Morgan fingerprint density at radius 2 is 1.00 bits per heavy atom. The maximum Gasteiger partial charge on any atom is 0 e. The zero-order chi connectivity index (χ0) is 3.58. The maximum atomic E-state index is 2.17. The predicted octanol–water partition coefficient (Wildman–Crippen LogP) is 1.66. The molecule has 0 unspecified atom stereocenters. The minimum absolute atomic E-state index is 0. The first-order valence-electron chi connectivity index (χ1n) is 1.73. The van der Waals surface area contributed by atoms with Crippen molar-refractivity contribution in [2.45, 2.75) is 20.8 Å². The van der Waals surface area contributed by atoms with Gasteiger partial charge in [-0.3, -0.25) is 0 Å². The van der Waals surface area contributed by atoms with Gasteiger partial charge in [-0.15, -0.1) is 0 Å². The number of rotatable bonds is 0. The van der Waals surface area contributed by atoms with Gasteiger partial charge >= 0.3 is 0 Å². The van der Waals surface area contributed by atoms with Crippen LogP contribution < -0.4 is 0 Å². The summed E-state index contributed by atoms with van der Waals surface area (Å²) in [6, 6.07) is 0. The van der Waals surface area contributed by atoms with Crippen LogP contribution in [0.1, 0.15) is 20.8 Å². The molecular formula is C4H10He. The van der Waals surface area contributed by atoms with E-state index in [1.54, 1.807) is 0 Å². The molecule has 0 spiro atoms. The van der Waals surface area contributed by atoms with Crippen LogP contribution in [-0.2, 0) is 0 Å². The van der Waals surface area contributed by atoms with Crippen LogP contribution in [0.25, 0.3) is 0 Å². The molecule has 5 heavy (non-hydrogen) atoms. The monoisotopic (exact) mass is 62.1 g/mol. The second-order valence-electron chi connectivity index (χ2n) is 1.73. The summed E-state index contributed by atoms with van der Waals surface area (Å²) in [7, 11) is 0. The summed E-state index contributed by atoms with van der Waals surface area (Å²) in [6.07, 6.45) is 0. The van der Waals surface area contributed by atoms with Gasteiger partial charge in [0, 0.05) is 6.15 Å². The van der Waals surface area contributed by atoms with Crippen molar-refractivity contribution in [3.8, 4) is 0 Å². The zero-order valence-corrected chi connectivity index (χ0v) is 4.28. The van der Waals surface area contributed by atoms with E-state index in [4.69, 9.17) is 0 Å². The van der Waals surface area contributed by atoms with Crippen molar-refractivity contribution >= 4 is 0 Å². The van der Waals surface area contributed by atoms with Gasteiger partial charge in [-0.05, 0) is 5.92 Å². The van der Waals surface area contributed by atoms with Crippen LogP contribution in [0.4, 0.5) is 0 Å². The summed E-state index contributed by atoms with van der Waals surface area (Å²) in [5.74, 6) is 0.833. The van der Waals surface area contributed by atoms with Gasteiger partial charge in [-0.2, -0.15) is 0 Å². The van der Waals surface area contributed by atoms with Crippen molar-refractivity contribution in [3.63, 3.8) is 0 Å². The molecule has 0 saturated carbocycles. The quantitative estimate of drug-likeness (QED) is 0.400. The molecule has 0 heterocycles. The Balaban J connectivity index is 0. The molecule has 0 aliphatic carbocycles. The second-order valence-corrected chi connectivity index (χ2v) is 1.73. The van der Waals surface area contributed by atoms with Gasteiger partial charge in [0.2, 0.25) is 0 Å². The summed E-state index contributed by atoms with van der Waals surface area (Å²) in [4.78, 5) is 0. The SMILES string of the molecule is CC(C)C.[He]. The van der Waals surface area contributed by atoms with Gasteiger partial charge in [0.05, 0.1) is 0 Å². The fourth-order valence-electron chi connectivity index (χ4n) is 0. The van der Waals surface area contributed by atoms with Crippen molar-refractivity contribution < 1.29 is 6.15 Å². The number of hydrogen-bond donors (Lipinski definition) is 0. The average Bonchev–Trinajstić information content (AvgIpc) is 0.811. The minimum atomic E-state index is 0. The Morgan fingerprint density at radius 3 is 1.00 bits per heavy atom. The molecule has 0 N–H and O–H groups in total. The molecule has 0 rings (SSSR count). The molecule has 0 aromatic rings. The fraction of sp³-hybridized carbons (Fsp3) is 1.00. The minimum Gasteiger partial charge on any atom is -0.0630 e. The molecule has 0 bridgehead atoms. The second kappa shape index (κ2) is 3.91. The Morgan fingerprint density at radius 1 is 1.00 bits per heavy atom. The summed E-state index contributed by atoms with van der Waals surface area (Å²) in [5, 5.41) is 0. The zero-order valence-electron chi connectivity index (χ0n) is 4.28. The molecule has 0 radical (unpaired) electrons. The molecule has 0 nitrogen and oxygen atoms in total. The first kappa shape index (κ1) is 8.86. The first-order valence-corrected chi connectivity index (χ1v) is 1.73. The van der Waals surface area contributed by atoms with Crippen LogP contribution in [0.15, 0.2) is 0 Å². The van der Waals surface area contributed by atoms with E-state index in [1.807, 2.05) is 0 Å². The van der Waals surface area contributed by atoms with E-state index in [0.29, 0.717) is 0 Å². The molecule has 1 heteroatoms. The summed E-state index contributed by atoms with van der Waals surface area (Å²) in [6.45, 7) is 6.50. The van der Waals surface area contributed by atoms with Crippen molar-refractivity contribution in [3.05, 3.63) is 0 Å². The molecule has 28 valence electrons. The van der Waals surface area contributed by atoms with Gasteiger partial charge in [-0.25, -0.2) is 0 Å². The molecule has 0 aromatic carbocycles. The van der Waals surface area contributed by atoms with Crippen molar-refractivity contribution in [1.29, 1.82) is 0 Å². The van der Waals surface area contributed by atoms with Crippen LogP contribution in [0.2, 0.25) is 0 Å². The molecule has 0 saturated heterocycles. The van der Waals surface area contributed by atoms with Gasteiger partial charge < -0.3 is 0 Å². The van der Waals surface area contributed by atoms with Crippen molar-refractivity contribution in [2.75, 3.05) is 0 Å². The van der Waals surface area contributed by atoms with Gasteiger partial charge in [0.25, 0.3) is 0 Å². The van der Waals surface area contributed by atoms with E-state index in [9.17, 15) is 0 Å². The normalized spacial score (nSPS) is 7.20. The Hall–Kier alpha value is -0.0909. The smallest absolute Gasteiger partial charge is 0 e. The predicted molar refractivity (Wildman–Crippen MR) is 20.5 cm³/mol. The molecule has 0 aromatic heterocycles. The van der Waals surface area contributed by atoms with Crippen molar-refractivity contribution in [1.82, 2.24) is 0 Å². The van der Waals surface area contributed by atoms with Crippen molar-refractivity contribution in [2.24, 2.45) is 5.92 Å². The largest absolute Gasteiger partial charge is 0.0630 e. The van der Waals surface area contributed by atoms with Gasteiger partial charge in [0.15, 0.2) is 0 Å². The van der Waals surface area contributed by atoms with E-state index in [2.05, 4.69) is 20.8 Å². The third kappa shape index (κ3) is 1720. The molecule has 0 atom stereocenters. The fourth-order valence-corrected chi connectivity index (χ4v) is 0. The molecule has 0 aliphatic rings. The summed E-state index contributed by atoms with van der Waals surface area (Å²) < 4.78 is 0. The third-order valence-electron chi connectivity index (χ3n) is 0. The molecule has 0 amide bonds. The Bertz CT molecular complexity index is 8.36. The van der Waals surface area contributed by atoms with Crippen LogP contribution >= 0.6 is 0 Å². The Kier molecular flexibility index (Phi) is 6.93. The third-order valence-corrected chi connectivity index (χ3v) is 0. The van der Waals surface area contributed by atoms with Gasteiger partial charge in [0.1, 0.15) is 0 Å². The summed E-state index contributed by atoms with van der Waals surface area (Å²) >= 11 is 0. The van der Waals surface area contributed by atoms with E-state index in [1.165, 1.54) is 0 Å². The topological polar surface area (TPSA) is 0 Å². The molecular weight excluding hydrogens is 52.0 g/mol. The molecule has 0 aliphatic heterocycles. The Labute approximate surface area is 34.0 Å². The average molecular weight is 62.1 g/mol. The van der Waals surface area contributed by atoms with E-state index in [0.717, 1.165) is 5.92 Å². The van der Waals surface area contributed by atoms with Crippen LogP contribution in [-0.4, -0.2) is 0 Å². The number of hydrogen-bond acceptors (Lipinski definition) is 0. The summed E-state index contributed by atoms with van der Waals surface area (Å²) in [5.41, 5.74) is 0. The van der Waals surface area contributed by atoms with Crippen LogP contribution in [0.5, 0.6) is 0 Å². The molecule has 0 fully saturated rings. The standard InChI is InChI=1S/C4H10.He/c1-4(2)3;/h4H,1-3H3;.